The first kappa shape index (κ1) is 24.2. The fourth-order valence-electron chi connectivity index (χ4n) is 3.53. The average molecular weight is 447 g/mol. The fraction of sp³-hybridized carbons (Fsp3) is 0.250. The van der Waals surface area contributed by atoms with E-state index >= 15 is 0 Å². The minimum Gasteiger partial charge on any atom is -0.493 e. The highest BCUT2D eigenvalue weighted by Crippen LogP contribution is 2.21. The summed E-state index contributed by atoms with van der Waals surface area (Å²) in [6.45, 7) is 0.311. The number of ether oxygens (including phenoxy) is 1. The number of rotatable bonds is 12. The lowest BCUT2D eigenvalue weighted by Gasteiger charge is -2.13. The molecule has 0 aliphatic carbocycles. The molecular weight excluding hydrogens is 416 g/mol. The second-order valence-electron chi connectivity index (χ2n) is 7.94. The SMILES string of the molecule is O=C(O)CCc1ccccc1OCC[C@@H](O)/C=C/c1cccc([C@@H](O)Cc2ccccc2)c1. The number of aryl methyl sites for hydroxylation is 1. The summed E-state index contributed by atoms with van der Waals surface area (Å²) in [7, 11) is 0. The molecule has 0 aliphatic rings. The van der Waals surface area contributed by atoms with Crippen molar-refractivity contribution in [2.45, 2.75) is 37.9 Å². The number of benzene rings is 3. The molecule has 0 radical (unpaired) electrons. The lowest BCUT2D eigenvalue weighted by molar-refractivity contribution is -0.136. The third-order valence-corrected chi connectivity index (χ3v) is 5.33. The van der Waals surface area contributed by atoms with Crippen LogP contribution in [0.4, 0.5) is 0 Å². The fourth-order valence-corrected chi connectivity index (χ4v) is 3.53. The minimum absolute atomic E-state index is 0.0465. The number of aliphatic carboxylic acids is 1. The lowest BCUT2D eigenvalue weighted by atomic mass is 9.99. The average Bonchev–Trinajstić information content (AvgIpc) is 2.83. The van der Waals surface area contributed by atoms with Crippen LogP contribution in [0.5, 0.6) is 5.75 Å². The van der Waals surface area contributed by atoms with E-state index < -0.39 is 18.2 Å². The number of hydrogen-bond donors (Lipinski definition) is 3. The largest absolute Gasteiger partial charge is 0.493 e. The Morgan fingerprint density at radius 2 is 1.70 bits per heavy atom. The topological polar surface area (TPSA) is 87.0 Å². The maximum atomic E-state index is 10.8. The number of carbonyl (C=O) groups is 1. The number of para-hydroxylation sites is 1. The molecule has 0 aliphatic heterocycles. The molecule has 172 valence electrons. The van der Waals surface area contributed by atoms with Gasteiger partial charge in [-0.3, -0.25) is 4.79 Å². The Labute approximate surface area is 194 Å². The summed E-state index contributed by atoms with van der Waals surface area (Å²) in [6, 6.07) is 24.9. The van der Waals surface area contributed by atoms with Gasteiger partial charge in [0.2, 0.25) is 0 Å². The molecule has 0 unspecified atom stereocenters. The van der Waals surface area contributed by atoms with E-state index in [9.17, 15) is 15.0 Å². The quantitative estimate of drug-likeness (QED) is 0.371. The molecule has 3 aromatic carbocycles. The Hall–Kier alpha value is -3.41. The van der Waals surface area contributed by atoms with Crippen molar-refractivity contribution < 1.29 is 24.9 Å². The van der Waals surface area contributed by atoms with Gasteiger partial charge in [-0.1, -0.05) is 78.9 Å². The van der Waals surface area contributed by atoms with Gasteiger partial charge in [-0.2, -0.15) is 0 Å². The number of carboxylic acids is 1. The predicted molar refractivity (Wildman–Crippen MR) is 129 cm³/mol. The first-order valence-electron chi connectivity index (χ1n) is 11.1. The van der Waals surface area contributed by atoms with Gasteiger partial charge in [0.1, 0.15) is 5.75 Å². The summed E-state index contributed by atoms with van der Waals surface area (Å²) in [4.78, 5) is 10.8. The Balaban J connectivity index is 1.50. The molecular formula is C28H30O5. The van der Waals surface area contributed by atoms with Crippen molar-refractivity contribution in [1.29, 1.82) is 0 Å². The molecule has 2 atom stereocenters. The Morgan fingerprint density at radius 1 is 0.939 bits per heavy atom. The van der Waals surface area contributed by atoms with E-state index in [-0.39, 0.29) is 6.42 Å². The second-order valence-corrected chi connectivity index (χ2v) is 7.94. The van der Waals surface area contributed by atoms with Crippen LogP contribution >= 0.6 is 0 Å². The molecule has 0 amide bonds. The molecule has 0 saturated heterocycles. The molecule has 0 fully saturated rings. The van der Waals surface area contributed by atoms with E-state index in [2.05, 4.69) is 0 Å². The summed E-state index contributed by atoms with van der Waals surface area (Å²) >= 11 is 0. The van der Waals surface area contributed by atoms with E-state index in [1.54, 1.807) is 6.08 Å². The van der Waals surface area contributed by atoms with E-state index in [1.165, 1.54) is 0 Å². The third-order valence-electron chi connectivity index (χ3n) is 5.33. The highest BCUT2D eigenvalue weighted by molar-refractivity contribution is 5.67. The van der Waals surface area contributed by atoms with Gasteiger partial charge in [-0.05, 0) is 40.8 Å². The number of hydrogen-bond acceptors (Lipinski definition) is 4. The van der Waals surface area contributed by atoms with Crippen molar-refractivity contribution in [2.24, 2.45) is 0 Å². The van der Waals surface area contributed by atoms with Gasteiger partial charge in [-0.25, -0.2) is 0 Å². The molecule has 0 aromatic heterocycles. The zero-order valence-corrected chi connectivity index (χ0v) is 18.5. The van der Waals surface area contributed by atoms with Crippen LogP contribution in [0.1, 0.15) is 41.2 Å². The van der Waals surface area contributed by atoms with Crippen LogP contribution < -0.4 is 4.74 Å². The highest BCUT2D eigenvalue weighted by atomic mass is 16.5. The summed E-state index contributed by atoms with van der Waals surface area (Å²) in [5.74, 6) is -0.197. The Kier molecular flexibility index (Phi) is 9.24. The zero-order chi connectivity index (χ0) is 23.5. The molecule has 3 rings (SSSR count). The number of aliphatic hydroxyl groups is 2. The van der Waals surface area contributed by atoms with Crippen LogP contribution in [-0.2, 0) is 17.6 Å². The van der Waals surface area contributed by atoms with Crippen LogP contribution in [0.15, 0.2) is 84.9 Å². The van der Waals surface area contributed by atoms with Crippen LogP contribution in [0, 0.1) is 0 Å². The smallest absolute Gasteiger partial charge is 0.303 e. The van der Waals surface area contributed by atoms with Crippen molar-refractivity contribution in [3.05, 3.63) is 107 Å². The monoisotopic (exact) mass is 446 g/mol. The molecule has 5 heteroatoms. The van der Waals surface area contributed by atoms with E-state index in [0.717, 1.165) is 22.3 Å². The number of carboxylic acid groups (broad SMARTS) is 1. The van der Waals surface area contributed by atoms with Gasteiger partial charge in [0.05, 0.1) is 18.8 Å². The van der Waals surface area contributed by atoms with E-state index in [4.69, 9.17) is 9.84 Å². The van der Waals surface area contributed by atoms with E-state index in [1.807, 2.05) is 84.9 Å². The van der Waals surface area contributed by atoms with Crippen LogP contribution in [-0.4, -0.2) is 34.0 Å². The van der Waals surface area contributed by atoms with Gasteiger partial charge >= 0.3 is 5.97 Å². The second kappa shape index (κ2) is 12.6. The van der Waals surface area contributed by atoms with Crippen LogP contribution in [0.2, 0.25) is 0 Å². The van der Waals surface area contributed by atoms with Crippen molar-refractivity contribution in [3.8, 4) is 5.75 Å². The van der Waals surface area contributed by atoms with Crippen molar-refractivity contribution in [1.82, 2.24) is 0 Å². The third kappa shape index (κ3) is 8.22. The Bertz CT molecular complexity index is 1040. The lowest BCUT2D eigenvalue weighted by Crippen LogP contribution is -2.10. The molecule has 3 N–H and O–H groups in total. The van der Waals surface area contributed by atoms with Crippen molar-refractivity contribution in [3.63, 3.8) is 0 Å². The normalized spacial score (nSPS) is 13.0. The molecule has 0 heterocycles. The molecule has 5 nitrogen and oxygen atoms in total. The summed E-state index contributed by atoms with van der Waals surface area (Å²) in [5, 5.41) is 29.8. The molecule has 3 aromatic rings. The highest BCUT2D eigenvalue weighted by Gasteiger charge is 2.09. The van der Waals surface area contributed by atoms with Crippen molar-refractivity contribution >= 4 is 12.0 Å². The van der Waals surface area contributed by atoms with Gasteiger partial charge in [0.25, 0.3) is 0 Å². The van der Waals surface area contributed by atoms with Gasteiger partial charge in [-0.15, -0.1) is 0 Å². The standard InChI is InChI=1S/C28H30O5/c29-25(17-18-33-27-12-5-4-10-23(27)14-16-28(31)32)15-13-22-9-6-11-24(19-22)26(30)20-21-7-2-1-3-8-21/h1-13,15,19,25-26,29-30H,14,16-18,20H2,(H,31,32)/b15-13+/t25-,26-/m0/s1. The molecule has 0 bridgehead atoms. The maximum Gasteiger partial charge on any atom is 0.303 e. The first-order chi connectivity index (χ1) is 16.0. The molecule has 33 heavy (non-hydrogen) atoms. The molecule has 0 spiro atoms. The van der Waals surface area contributed by atoms with Gasteiger partial charge in [0, 0.05) is 19.3 Å². The van der Waals surface area contributed by atoms with E-state index in [0.29, 0.717) is 31.6 Å². The van der Waals surface area contributed by atoms with Crippen molar-refractivity contribution in [2.75, 3.05) is 6.61 Å². The zero-order valence-electron chi connectivity index (χ0n) is 18.5. The van der Waals surface area contributed by atoms with Gasteiger partial charge in [0.15, 0.2) is 0 Å². The number of aliphatic hydroxyl groups excluding tert-OH is 2. The summed E-state index contributed by atoms with van der Waals surface area (Å²) in [6.07, 6.45) is 3.66. The summed E-state index contributed by atoms with van der Waals surface area (Å²) in [5.41, 5.74) is 3.65. The predicted octanol–water partition coefficient (Wildman–Crippen LogP) is 4.82. The molecule has 0 saturated carbocycles. The minimum atomic E-state index is -0.845. The van der Waals surface area contributed by atoms with Gasteiger partial charge < -0.3 is 20.1 Å². The first-order valence-corrected chi connectivity index (χ1v) is 11.1. The van der Waals surface area contributed by atoms with Crippen LogP contribution in [0.3, 0.4) is 0 Å². The maximum absolute atomic E-state index is 10.8. The Morgan fingerprint density at radius 3 is 2.48 bits per heavy atom. The summed E-state index contributed by atoms with van der Waals surface area (Å²) < 4.78 is 5.78. The van der Waals surface area contributed by atoms with Crippen LogP contribution in [0.25, 0.3) is 6.08 Å².